The average molecular weight is 272 g/mol. The minimum atomic E-state index is -0.841. The number of rotatable bonds is 3. The van der Waals surface area contributed by atoms with Crippen molar-refractivity contribution in [3.63, 3.8) is 0 Å². The molecule has 108 valence electrons. The number of hydrogen-bond donors (Lipinski definition) is 1. The molecule has 1 aromatic carbocycles. The molecule has 0 spiro atoms. The fourth-order valence-corrected chi connectivity index (χ4v) is 2.97. The van der Waals surface area contributed by atoms with Crippen molar-refractivity contribution in [3.8, 4) is 0 Å². The third-order valence-corrected chi connectivity index (χ3v) is 4.16. The summed E-state index contributed by atoms with van der Waals surface area (Å²) in [5.74, 6) is -0.432. The molecule has 0 heterocycles. The molecule has 1 aliphatic carbocycles. The molecule has 1 fully saturated rings. The quantitative estimate of drug-likeness (QED) is 0.814. The van der Waals surface area contributed by atoms with Gasteiger partial charge in [-0.3, -0.25) is 0 Å². The van der Waals surface area contributed by atoms with Gasteiger partial charge < -0.3 is 5.11 Å². The van der Waals surface area contributed by atoms with Crippen LogP contribution in [-0.4, -0.2) is 11.1 Å². The summed E-state index contributed by atoms with van der Waals surface area (Å²) >= 11 is 0. The van der Waals surface area contributed by atoms with Gasteiger partial charge in [0, 0.05) is 6.08 Å². The lowest BCUT2D eigenvalue weighted by Crippen LogP contribution is -2.11. The molecule has 0 unspecified atom stereocenters. The molecule has 0 aromatic heterocycles. The fourth-order valence-electron chi connectivity index (χ4n) is 2.97. The first-order valence-electron chi connectivity index (χ1n) is 7.43. The SMILES string of the molecule is CC(C)(C)c1ccc(/C(=C/C(=O)O)C2CCCC2)cc1. The Morgan fingerprint density at radius 2 is 1.70 bits per heavy atom. The molecular formula is C18H24O2. The predicted octanol–water partition coefficient (Wildman–Crippen LogP) is 4.64. The summed E-state index contributed by atoms with van der Waals surface area (Å²) in [4.78, 5) is 11.1. The van der Waals surface area contributed by atoms with Gasteiger partial charge in [0.1, 0.15) is 0 Å². The van der Waals surface area contributed by atoms with Crippen LogP contribution in [0.4, 0.5) is 0 Å². The Morgan fingerprint density at radius 3 is 2.15 bits per heavy atom. The van der Waals surface area contributed by atoms with Crippen LogP contribution in [0.1, 0.15) is 57.6 Å². The Labute approximate surface area is 121 Å². The number of carboxylic acid groups (broad SMARTS) is 1. The monoisotopic (exact) mass is 272 g/mol. The van der Waals surface area contributed by atoms with Gasteiger partial charge in [-0.05, 0) is 40.9 Å². The molecule has 2 rings (SSSR count). The van der Waals surface area contributed by atoms with E-state index in [0.717, 1.165) is 24.0 Å². The number of carboxylic acids is 1. The van der Waals surface area contributed by atoms with E-state index in [1.54, 1.807) is 0 Å². The van der Waals surface area contributed by atoms with Crippen molar-refractivity contribution >= 4 is 11.5 Å². The van der Waals surface area contributed by atoms with E-state index >= 15 is 0 Å². The van der Waals surface area contributed by atoms with E-state index in [2.05, 4.69) is 45.0 Å². The molecule has 2 heteroatoms. The molecule has 2 nitrogen and oxygen atoms in total. The third-order valence-electron chi connectivity index (χ3n) is 4.16. The lowest BCUT2D eigenvalue weighted by molar-refractivity contribution is -0.131. The number of hydrogen-bond acceptors (Lipinski definition) is 1. The van der Waals surface area contributed by atoms with Crippen LogP contribution in [0.15, 0.2) is 30.3 Å². The molecule has 0 aliphatic heterocycles. The van der Waals surface area contributed by atoms with Crippen LogP contribution in [0.25, 0.3) is 5.57 Å². The highest BCUT2D eigenvalue weighted by Gasteiger charge is 2.22. The summed E-state index contributed by atoms with van der Waals surface area (Å²) in [7, 11) is 0. The van der Waals surface area contributed by atoms with E-state index in [4.69, 9.17) is 5.11 Å². The maximum atomic E-state index is 11.1. The standard InChI is InChI=1S/C18H24O2/c1-18(2,3)15-10-8-14(9-11-15)16(12-17(19)20)13-6-4-5-7-13/h8-13H,4-7H2,1-3H3,(H,19,20)/b16-12+. The molecule has 1 aromatic rings. The first-order valence-corrected chi connectivity index (χ1v) is 7.43. The highest BCUT2D eigenvalue weighted by molar-refractivity contribution is 5.90. The highest BCUT2D eigenvalue weighted by Crippen LogP contribution is 2.37. The number of aliphatic carboxylic acids is 1. The van der Waals surface area contributed by atoms with Crippen LogP contribution in [-0.2, 0) is 10.2 Å². The molecule has 0 saturated heterocycles. The fraction of sp³-hybridized carbons (Fsp3) is 0.500. The van der Waals surface area contributed by atoms with E-state index in [9.17, 15) is 4.79 Å². The molecule has 20 heavy (non-hydrogen) atoms. The van der Waals surface area contributed by atoms with Crippen LogP contribution in [0.5, 0.6) is 0 Å². The normalized spacial score (nSPS) is 17.4. The van der Waals surface area contributed by atoms with Crippen molar-refractivity contribution in [2.75, 3.05) is 0 Å². The smallest absolute Gasteiger partial charge is 0.328 e. The highest BCUT2D eigenvalue weighted by atomic mass is 16.4. The molecule has 0 radical (unpaired) electrons. The second kappa shape index (κ2) is 5.82. The Bertz CT molecular complexity index is 497. The summed E-state index contributed by atoms with van der Waals surface area (Å²) in [6.45, 7) is 6.56. The van der Waals surface area contributed by atoms with E-state index in [-0.39, 0.29) is 5.41 Å². The van der Waals surface area contributed by atoms with Gasteiger partial charge in [0.2, 0.25) is 0 Å². The van der Waals surface area contributed by atoms with E-state index in [1.165, 1.54) is 24.5 Å². The summed E-state index contributed by atoms with van der Waals surface area (Å²) in [6.07, 6.45) is 6.05. The zero-order valence-electron chi connectivity index (χ0n) is 12.6. The van der Waals surface area contributed by atoms with Crippen molar-refractivity contribution < 1.29 is 9.90 Å². The number of allylic oxidation sites excluding steroid dienone is 1. The van der Waals surface area contributed by atoms with Crippen molar-refractivity contribution in [2.24, 2.45) is 5.92 Å². The summed E-state index contributed by atoms with van der Waals surface area (Å²) in [5, 5.41) is 9.11. The average Bonchev–Trinajstić information content (AvgIpc) is 2.88. The van der Waals surface area contributed by atoms with Crippen molar-refractivity contribution in [1.29, 1.82) is 0 Å². The third kappa shape index (κ3) is 3.50. The maximum Gasteiger partial charge on any atom is 0.328 e. The second-order valence-corrected chi connectivity index (χ2v) is 6.75. The minimum Gasteiger partial charge on any atom is -0.478 e. The summed E-state index contributed by atoms with van der Waals surface area (Å²) in [6, 6.07) is 8.40. The van der Waals surface area contributed by atoms with Crippen LogP contribution < -0.4 is 0 Å². The Kier molecular flexibility index (Phi) is 4.32. The Balaban J connectivity index is 2.32. The van der Waals surface area contributed by atoms with Crippen LogP contribution in [0.3, 0.4) is 0 Å². The summed E-state index contributed by atoms with van der Waals surface area (Å²) in [5.41, 5.74) is 3.47. The van der Waals surface area contributed by atoms with Gasteiger partial charge in [0.25, 0.3) is 0 Å². The lowest BCUT2D eigenvalue weighted by atomic mass is 9.84. The van der Waals surface area contributed by atoms with E-state index in [1.807, 2.05) is 0 Å². The Morgan fingerprint density at radius 1 is 1.15 bits per heavy atom. The van der Waals surface area contributed by atoms with Crippen molar-refractivity contribution in [2.45, 2.75) is 51.9 Å². The topological polar surface area (TPSA) is 37.3 Å². The second-order valence-electron chi connectivity index (χ2n) is 6.75. The predicted molar refractivity (Wildman–Crippen MR) is 82.7 cm³/mol. The lowest BCUT2D eigenvalue weighted by Gasteiger charge is -2.20. The molecule has 1 aliphatic rings. The minimum absolute atomic E-state index is 0.128. The van der Waals surface area contributed by atoms with E-state index in [0.29, 0.717) is 5.92 Å². The molecular weight excluding hydrogens is 248 g/mol. The zero-order valence-corrected chi connectivity index (χ0v) is 12.6. The molecule has 1 saturated carbocycles. The van der Waals surface area contributed by atoms with Gasteiger partial charge in [0.15, 0.2) is 0 Å². The van der Waals surface area contributed by atoms with Gasteiger partial charge in [-0.15, -0.1) is 0 Å². The number of benzene rings is 1. The van der Waals surface area contributed by atoms with Gasteiger partial charge >= 0.3 is 5.97 Å². The number of carbonyl (C=O) groups is 1. The van der Waals surface area contributed by atoms with Crippen LogP contribution in [0.2, 0.25) is 0 Å². The van der Waals surface area contributed by atoms with E-state index < -0.39 is 5.97 Å². The zero-order chi connectivity index (χ0) is 14.8. The van der Waals surface area contributed by atoms with Crippen LogP contribution in [0, 0.1) is 5.92 Å². The van der Waals surface area contributed by atoms with Gasteiger partial charge in [-0.2, -0.15) is 0 Å². The summed E-state index contributed by atoms with van der Waals surface area (Å²) < 4.78 is 0. The molecule has 0 atom stereocenters. The van der Waals surface area contributed by atoms with Gasteiger partial charge in [0.05, 0.1) is 0 Å². The Hall–Kier alpha value is -1.57. The van der Waals surface area contributed by atoms with Crippen molar-refractivity contribution in [3.05, 3.63) is 41.5 Å². The largest absolute Gasteiger partial charge is 0.478 e. The first-order chi connectivity index (χ1) is 9.38. The molecule has 0 amide bonds. The first kappa shape index (κ1) is 14.8. The molecule has 1 N–H and O–H groups in total. The van der Waals surface area contributed by atoms with Crippen LogP contribution >= 0.6 is 0 Å². The van der Waals surface area contributed by atoms with Gasteiger partial charge in [-0.1, -0.05) is 57.9 Å². The maximum absolute atomic E-state index is 11.1. The van der Waals surface area contributed by atoms with Gasteiger partial charge in [-0.25, -0.2) is 4.79 Å². The molecule has 0 bridgehead atoms. The van der Waals surface area contributed by atoms with Crippen molar-refractivity contribution in [1.82, 2.24) is 0 Å².